The SMILES string of the molecule is CC(C)C[C@H](NC(=O)[C@H](CCc1ccccc1)NC(C)C(=O)O)C(=O)Nc1ccccc1. The van der Waals surface area contributed by atoms with Crippen LogP contribution in [-0.2, 0) is 20.8 Å². The summed E-state index contributed by atoms with van der Waals surface area (Å²) in [7, 11) is 0. The Morgan fingerprint density at radius 3 is 2.00 bits per heavy atom. The smallest absolute Gasteiger partial charge is 0.320 e. The van der Waals surface area contributed by atoms with Gasteiger partial charge in [0.1, 0.15) is 12.1 Å². The highest BCUT2D eigenvalue weighted by Gasteiger charge is 2.28. The lowest BCUT2D eigenvalue weighted by atomic mass is 10.0. The second kappa shape index (κ2) is 12.6. The summed E-state index contributed by atoms with van der Waals surface area (Å²) >= 11 is 0. The van der Waals surface area contributed by atoms with Crippen molar-refractivity contribution in [2.75, 3.05) is 5.32 Å². The zero-order valence-electron chi connectivity index (χ0n) is 18.9. The first-order valence-electron chi connectivity index (χ1n) is 10.9. The van der Waals surface area contributed by atoms with Crippen molar-refractivity contribution in [3.63, 3.8) is 0 Å². The molecule has 2 aromatic carbocycles. The van der Waals surface area contributed by atoms with Crippen molar-refractivity contribution in [3.8, 4) is 0 Å². The number of carbonyl (C=O) groups is 3. The molecule has 0 spiro atoms. The van der Waals surface area contributed by atoms with Crippen molar-refractivity contribution in [2.24, 2.45) is 5.92 Å². The van der Waals surface area contributed by atoms with E-state index in [1.165, 1.54) is 6.92 Å². The van der Waals surface area contributed by atoms with Crippen LogP contribution in [0.3, 0.4) is 0 Å². The van der Waals surface area contributed by atoms with Gasteiger partial charge in [-0.2, -0.15) is 0 Å². The number of carboxylic acids is 1. The molecule has 4 N–H and O–H groups in total. The van der Waals surface area contributed by atoms with E-state index in [0.29, 0.717) is 24.9 Å². The number of para-hydroxylation sites is 1. The molecule has 1 unspecified atom stereocenters. The van der Waals surface area contributed by atoms with E-state index in [-0.39, 0.29) is 17.7 Å². The minimum absolute atomic E-state index is 0.176. The first kappa shape index (κ1) is 25.1. The Balaban J connectivity index is 2.11. The quantitative estimate of drug-likeness (QED) is 0.406. The Morgan fingerprint density at radius 1 is 0.844 bits per heavy atom. The van der Waals surface area contributed by atoms with Crippen molar-refractivity contribution < 1.29 is 19.5 Å². The lowest BCUT2D eigenvalue weighted by Gasteiger charge is -2.25. The largest absolute Gasteiger partial charge is 0.480 e. The summed E-state index contributed by atoms with van der Waals surface area (Å²) in [5.74, 6) is -1.55. The Labute approximate surface area is 189 Å². The van der Waals surface area contributed by atoms with Crippen LogP contribution < -0.4 is 16.0 Å². The first-order valence-corrected chi connectivity index (χ1v) is 10.9. The van der Waals surface area contributed by atoms with Crippen LogP contribution in [0.2, 0.25) is 0 Å². The fraction of sp³-hybridized carbons (Fsp3) is 0.400. The molecule has 7 heteroatoms. The molecule has 32 heavy (non-hydrogen) atoms. The second-order valence-electron chi connectivity index (χ2n) is 8.35. The highest BCUT2D eigenvalue weighted by molar-refractivity contribution is 5.97. The molecule has 2 amide bonds. The molecule has 0 aliphatic heterocycles. The highest BCUT2D eigenvalue weighted by atomic mass is 16.4. The normalized spacial score (nSPS) is 13.8. The third-order valence-corrected chi connectivity index (χ3v) is 5.08. The average Bonchev–Trinajstić information content (AvgIpc) is 2.76. The Hall–Kier alpha value is -3.19. The Kier molecular flexibility index (Phi) is 9.88. The van der Waals surface area contributed by atoms with Gasteiger partial charge in [0.05, 0.1) is 6.04 Å². The number of anilines is 1. The standard InChI is InChI=1S/C25H33N3O4/c1-17(2)16-22(24(30)27-20-12-8-5-9-13-20)28-23(29)21(26-18(3)25(31)32)15-14-19-10-6-4-7-11-19/h4-13,17-18,21-22,26H,14-16H2,1-3H3,(H,27,30)(H,28,29)(H,31,32)/t18?,21-,22-/m0/s1. The highest BCUT2D eigenvalue weighted by Crippen LogP contribution is 2.12. The predicted molar refractivity (Wildman–Crippen MR) is 125 cm³/mol. The van der Waals surface area contributed by atoms with Crippen molar-refractivity contribution in [1.82, 2.24) is 10.6 Å². The van der Waals surface area contributed by atoms with Gasteiger partial charge in [-0.15, -0.1) is 0 Å². The first-order chi connectivity index (χ1) is 15.3. The van der Waals surface area contributed by atoms with Crippen molar-refractivity contribution in [2.45, 2.75) is 58.2 Å². The van der Waals surface area contributed by atoms with E-state index in [1.54, 1.807) is 12.1 Å². The number of aliphatic carboxylic acids is 1. The molecular formula is C25H33N3O4. The summed E-state index contributed by atoms with van der Waals surface area (Å²) in [5.41, 5.74) is 1.70. The molecule has 2 aromatic rings. The summed E-state index contributed by atoms with van der Waals surface area (Å²) in [5, 5.41) is 17.9. The zero-order chi connectivity index (χ0) is 23.5. The lowest BCUT2D eigenvalue weighted by Crippen LogP contribution is -2.54. The fourth-order valence-corrected chi connectivity index (χ4v) is 3.34. The third kappa shape index (κ3) is 8.51. The van der Waals surface area contributed by atoms with E-state index >= 15 is 0 Å². The number of amides is 2. The topological polar surface area (TPSA) is 108 Å². The summed E-state index contributed by atoms with van der Waals surface area (Å²) in [6.07, 6.45) is 1.47. The van der Waals surface area contributed by atoms with Gasteiger partial charge in [0, 0.05) is 5.69 Å². The monoisotopic (exact) mass is 439 g/mol. The van der Waals surface area contributed by atoms with E-state index in [4.69, 9.17) is 0 Å². The van der Waals surface area contributed by atoms with Crippen LogP contribution in [0.25, 0.3) is 0 Å². The number of rotatable bonds is 12. The third-order valence-electron chi connectivity index (χ3n) is 5.08. The number of aryl methyl sites for hydroxylation is 1. The Morgan fingerprint density at radius 2 is 1.44 bits per heavy atom. The van der Waals surface area contributed by atoms with Gasteiger partial charge in [0.15, 0.2) is 0 Å². The Bertz CT molecular complexity index is 871. The molecule has 3 atom stereocenters. The molecule has 2 rings (SSSR count). The molecule has 0 saturated carbocycles. The molecule has 0 heterocycles. The van der Waals surface area contributed by atoms with Crippen LogP contribution in [0.5, 0.6) is 0 Å². The molecule has 0 radical (unpaired) electrons. The van der Waals surface area contributed by atoms with Gasteiger partial charge in [-0.05, 0) is 49.8 Å². The van der Waals surface area contributed by atoms with Crippen LogP contribution in [0.4, 0.5) is 5.69 Å². The molecule has 0 aliphatic carbocycles. The van der Waals surface area contributed by atoms with Gasteiger partial charge in [0.2, 0.25) is 11.8 Å². The van der Waals surface area contributed by atoms with E-state index in [1.807, 2.05) is 62.4 Å². The van der Waals surface area contributed by atoms with Crippen molar-refractivity contribution in [3.05, 3.63) is 66.2 Å². The summed E-state index contributed by atoms with van der Waals surface area (Å²) < 4.78 is 0. The van der Waals surface area contributed by atoms with Gasteiger partial charge >= 0.3 is 5.97 Å². The minimum Gasteiger partial charge on any atom is -0.480 e. The fourth-order valence-electron chi connectivity index (χ4n) is 3.34. The predicted octanol–water partition coefficient (Wildman–Crippen LogP) is 3.22. The van der Waals surface area contributed by atoms with Gasteiger partial charge in [-0.3, -0.25) is 19.7 Å². The maximum absolute atomic E-state index is 13.1. The molecular weight excluding hydrogens is 406 g/mol. The molecule has 7 nitrogen and oxygen atoms in total. The molecule has 0 saturated heterocycles. The minimum atomic E-state index is -1.04. The summed E-state index contributed by atoms with van der Waals surface area (Å²) in [6.45, 7) is 5.46. The second-order valence-corrected chi connectivity index (χ2v) is 8.35. The number of hydrogen-bond acceptors (Lipinski definition) is 4. The maximum atomic E-state index is 13.1. The number of carboxylic acid groups (broad SMARTS) is 1. The van der Waals surface area contributed by atoms with Crippen molar-refractivity contribution >= 4 is 23.5 Å². The molecule has 0 fully saturated rings. The van der Waals surface area contributed by atoms with Crippen LogP contribution >= 0.6 is 0 Å². The average molecular weight is 440 g/mol. The van der Waals surface area contributed by atoms with Crippen molar-refractivity contribution in [1.29, 1.82) is 0 Å². The molecule has 0 bridgehead atoms. The summed E-state index contributed by atoms with van der Waals surface area (Å²) in [4.78, 5) is 37.4. The van der Waals surface area contributed by atoms with Crippen LogP contribution in [0.1, 0.15) is 39.2 Å². The maximum Gasteiger partial charge on any atom is 0.320 e. The van der Waals surface area contributed by atoms with Crippen LogP contribution in [0.15, 0.2) is 60.7 Å². The number of hydrogen-bond donors (Lipinski definition) is 4. The number of benzene rings is 2. The van der Waals surface area contributed by atoms with E-state index in [2.05, 4.69) is 16.0 Å². The van der Waals surface area contributed by atoms with E-state index < -0.39 is 24.1 Å². The van der Waals surface area contributed by atoms with Crippen LogP contribution in [-0.4, -0.2) is 41.0 Å². The number of carbonyl (C=O) groups excluding carboxylic acids is 2. The van der Waals surface area contributed by atoms with Crippen LogP contribution in [0, 0.1) is 5.92 Å². The van der Waals surface area contributed by atoms with E-state index in [0.717, 1.165) is 5.56 Å². The number of nitrogens with one attached hydrogen (secondary N) is 3. The van der Waals surface area contributed by atoms with Gasteiger partial charge in [0.25, 0.3) is 0 Å². The molecule has 0 aromatic heterocycles. The van der Waals surface area contributed by atoms with E-state index in [9.17, 15) is 19.5 Å². The summed E-state index contributed by atoms with van der Waals surface area (Å²) in [6, 6.07) is 16.4. The van der Waals surface area contributed by atoms with Gasteiger partial charge < -0.3 is 15.7 Å². The molecule has 172 valence electrons. The lowest BCUT2D eigenvalue weighted by molar-refractivity contribution is -0.139. The van der Waals surface area contributed by atoms with Gasteiger partial charge in [-0.25, -0.2) is 0 Å². The van der Waals surface area contributed by atoms with Gasteiger partial charge in [-0.1, -0.05) is 62.4 Å². The zero-order valence-corrected chi connectivity index (χ0v) is 18.9. The molecule has 0 aliphatic rings.